The van der Waals surface area contributed by atoms with Gasteiger partial charge < -0.3 is 5.32 Å². The van der Waals surface area contributed by atoms with E-state index in [9.17, 15) is 0 Å². The van der Waals surface area contributed by atoms with Crippen LogP contribution in [0.5, 0.6) is 0 Å². The number of piperidine rings is 1. The summed E-state index contributed by atoms with van der Waals surface area (Å²) in [6.07, 6.45) is 2.47. The third-order valence-electron chi connectivity index (χ3n) is 4.05. The van der Waals surface area contributed by atoms with Gasteiger partial charge in [0.2, 0.25) is 4.96 Å². The molecule has 5 nitrogen and oxygen atoms in total. The molecule has 0 bridgehead atoms. The normalized spacial score (nSPS) is 23.4. The van der Waals surface area contributed by atoms with Crippen LogP contribution in [0.15, 0.2) is 0 Å². The smallest absolute Gasteiger partial charge is 0.234 e. The van der Waals surface area contributed by atoms with Crippen molar-refractivity contribution in [2.75, 3.05) is 6.54 Å². The predicted molar refractivity (Wildman–Crippen MR) is 81.1 cm³/mol. The molecule has 20 heavy (non-hydrogen) atoms. The Labute approximate surface area is 123 Å². The molecule has 1 aliphatic heterocycles. The van der Waals surface area contributed by atoms with Crippen LogP contribution in [-0.4, -0.2) is 26.4 Å². The molecule has 2 aromatic heterocycles. The van der Waals surface area contributed by atoms with E-state index in [1.54, 1.807) is 11.3 Å². The zero-order valence-electron chi connectivity index (χ0n) is 12.9. The van der Waals surface area contributed by atoms with Gasteiger partial charge in [0, 0.05) is 5.41 Å². The molecule has 110 valence electrons. The minimum absolute atomic E-state index is 0.0414. The van der Waals surface area contributed by atoms with Crippen LogP contribution in [0.4, 0.5) is 0 Å². The van der Waals surface area contributed by atoms with Gasteiger partial charge in [0.15, 0.2) is 5.82 Å². The van der Waals surface area contributed by atoms with Crippen molar-refractivity contribution in [1.29, 1.82) is 0 Å². The highest BCUT2D eigenvalue weighted by Crippen LogP contribution is 2.41. The van der Waals surface area contributed by atoms with E-state index in [0.717, 1.165) is 22.3 Å². The van der Waals surface area contributed by atoms with Crippen molar-refractivity contribution in [3.8, 4) is 0 Å². The van der Waals surface area contributed by atoms with Gasteiger partial charge in [-0.05, 0) is 24.8 Å². The van der Waals surface area contributed by atoms with Gasteiger partial charge in [-0.15, -0.1) is 10.2 Å². The highest BCUT2D eigenvalue weighted by molar-refractivity contribution is 7.16. The summed E-state index contributed by atoms with van der Waals surface area (Å²) in [4.78, 5) is 0.896. The van der Waals surface area contributed by atoms with Crippen molar-refractivity contribution in [2.45, 2.75) is 58.9 Å². The summed E-state index contributed by atoms with van der Waals surface area (Å²) in [5.41, 5.74) is 0.198. The predicted octanol–water partition coefficient (Wildman–Crippen LogP) is 2.93. The molecule has 0 amide bonds. The molecule has 0 radical (unpaired) electrons. The monoisotopic (exact) mass is 293 g/mol. The first-order valence-electron chi connectivity index (χ1n) is 7.25. The van der Waals surface area contributed by atoms with Crippen molar-refractivity contribution >= 4 is 16.3 Å². The summed E-state index contributed by atoms with van der Waals surface area (Å²) in [5.74, 6) is 0.934. The Balaban J connectivity index is 2.03. The van der Waals surface area contributed by atoms with Gasteiger partial charge in [-0.3, -0.25) is 0 Å². The molecule has 1 unspecified atom stereocenters. The maximum Gasteiger partial charge on any atom is 0.234 e. The Bertz CT molecular complexity index is 619. The summed E-state index contributed by atoms with van der Waals surface area (Å²) in [5, 5.41) is 18.1. The lowest BCUT2D eigenvalue weighted by molar-refractivity contribution is 0.180. The van der Waals surface area contributed by atoms with Crippen molar-refractivity contribution < 1.29 is 0 Å². The van der Waals surface area contributed by atoms with Crippen LogP contribution in [0.3, 0.4) is 0 Å². The Kier molecular flexibility index (Phi) is 3.14. The van der Waals surface area contributed by atoms with Crippen LogP contribution >= 0.6 is 11.3 Å². The lowest BCUT2D eigenvalue weighted by atomic mass is 9.78. The Hall–Kier alpha value is -1.01. The first-order valence-corrected chi connectivity index (χ1v) is 8.07. The molecule has 0 aromatic carbocycles. The number of aromatic nitrogens is 4. The molecule has 0 saturated carbocycles. The van der Waals surface area contributed by atoms with Crippen molar-refractivity contribution in [2.24, 2.45) is 5.41 Å². The minimum Gasteiger partial charge on any atom is -0.307 e. The third kappa shape index (κ3) is 2.24. The Morgan fingerprint density at radius 1 is 1.30 bits per heavy atom. The average Bonchev–Trinajstić information content (AvgIpc) is 2.85. The van der Waals surface area contributed by atoms with Gasteiger partial charge in [0.25, 0.3) is 0 Å². The quantitative estimate of drug-likeness (QED) is 0.878. The van der Waals surface area contributed by atoms with Gasteiger partial charge in [0.05, 0.1) is 6.04 Å². The van der Waals surface area contributed by atoms with E-state index in [0.29, 0.717) is 6.04 Å². The molecule has 1 N–H and O–H groups in total. The van der Waals surface area contributed by atoms with Crippen LogP contribution in [0.25, 0.3) is 4.96 Å². The molecule has 1 fully saturated rings. The summed E-state index contributed by atoms with van der Waals surface area (Å²) in [7, 11) is 0. The van der Waals surface area contributed by atoms with E-state index in [-0.39, 0.29) is 10.8 Å². The second-order valence-electron chi connectivity index (χ2n) is 7.39. The van der Waals surface area contributed by atoms with Gasteiger partial charge >= 0.3 is 0 Å². The highest BCUT2D eigenvalue weighted by atomic mass is 32.1. The van der Waals surface area contributed by atoms with Gasteiger partial charge in [-0.2, -0.15) is 9.61 Å². The zero-order valence-corrected chi connectivity index (χ0v) is 13.7. The van der Waals surface area contributed by atoms with Gasteiger partial charge in [-0.25, -0.2) is 0 Å². The highest BCUT2D eigenvalue weighted by Gasteiger charge is 2.36. The van der Waals surface area contributed by atoms with E-state index in [2.05, 4.69) is 50.1 Å². The second kappa shape index (κ2) is 4.49. The first-order chi connectivity index (χ1) is 9.29. The number of hydrogen-bond donors (Lipinski definition) is 1. The molecule has 6 heteroatoms. The third-order valence-corrected chi connectivity index (χ3v) is 5.02. The van der Waals surface area contributed by atoms with Crippen molar-refractivity contribution in [1.82, 2.24) is 25.1 Å². The fourth-order valence-electron chi connectivity index (χ4n) is 2.85. The molecule has 1 atom stereocenters. The lowest BCUT2D eigenvalue weighted by Gasteiger charge is -2.37. The lowest BCUT2D eigenvalue weighted by Crippen LogP contribution is -2.39. The molecule has 2 aromatic rings. The average molecular weight is 293 g/mol. The fraction of sp³-hybridized carbons (Fsp3) is 0.786. The van der Waals surface area contributed by atoms with E-state index < -0.39 is 0 Å². The number of nitrogens with one attached hydrogen (secondary N) is 1. The largest absolute Gasteiger partial charge is 0.307 e. The van der Waals surface area contributed by atoms with Crippen LogP contribution in [0.1, 0.15) is 64.3 Å². The maximum absolute atomic E-state index is 4.81. The first kappa shape index (κ1) is 13.9. The standard InChI is InChI=1S/C14H23N5S/c1-13(2,3)11-16-17-12-19(11)18-10(20-12)9-14(4,5)7-6-8-15-9/h9,15H,6-8H2,1-5H3. The molecular formula is C14H23N5S. The minimum atomic E-state index is -0.0414. The topological polar surface area (TPSA) is 55.1 Å². The van der Waals surface area contributed by atoms with Gasteiger partial charge in [-0.1, -0.05) is 46.0 Å². The molecule has 3 heterocycles. The number of rotatable bonds is 1. The fourth-order valence-corrected chi connectivity index (χ4v) is 3.97. The molecule has 3 rings (SSSR count). The molecule has 0 aliphatic carbocycles. The Morgan fingerprint density at radius 2 is 2.05 bits per heavy atom. The van der Waals surface area contributed by atoms with Gasteiger partial charge in [0.1, 0.15) is 5.01 Å². The van der Waals surface area contributed by atoms with E-state index >= 15 is 0 Å². The summed E-state index contributed by atoms with van der Waals surface area (Å²) < 4.78 is 1.92. The number of fused-ring (bicyclic) bond motifs is 1. The zero-order chi connectivity index (χ0) is 14.5. The van der Waals surface area contributed by atoms with Crippen LogP contribution in [-0.2, 0) is 5.41 Å². The summed E-state index contributed by atoms with van der Waals surface area (Å²) in [6.45, 7) is 12.1. The van der Waals surface area contributed by atoms with E-state index in [4.69, 9.17) is 5.10 Å². The van der Waals surface area contributed by atoms with Crippen LogP contribution < -0.4 is 5.32 Å². The van der Waals surface area contributed by atoms with E-state index in [1.807, 2.05) is 4.52 Å². The summed E-state index contributed by atoms with van der Waals surface area (Å²) >= 11 is 1.66. The summed E-state index contributed by atoms with van der Waals surface area (Å²) in [6, 6.07) is 0.316. The van der Waals surface area contributed by atoms with Crippen molar-refractivity contribution in [3.05, 3.63) is 10.8 Å². The Morgan fingerprint density at radius 3 is 2.70 bits per heavy atom. The molecule has 1 aliphatic rings. The van der Waals surface area contributed by atoms with E-state index in [1.165, 1.54) is 12.8 Å². The maximum atomic E-state index is 4.81. The van der Waals surface area contributed by atoms with Crippen molar-refractivity contribution in [3.63, 3.8) is 0 Å². The second-order valence-corrected chi connectivity index (χ2v) is 8.38. The van der Waals surface area contributed by atoms with Crippen LogP contribution in [0.2, 0.25) is 0 Å². The SMILES string of the molecule is CC(C)(C)c1nnc2sc(C3NCCCC3(C)C)nn12. The molecule has 0 spiro atoms. The number of hydrogen-bond acceptors (Lipinski definition) is 5. The molecular weight excluding hydrogens is 270 g/mol. The molecule has 1 saturated heterocycles. The van der Waals surface area contributed by atoms with Crippen LogP contribution in [0, 0.1) is 5.41 Å². The number of nitrogens with zero attached hydrogens (tertiary/aromatic N) is 4.